The number of carbonyl (C=O) groups is 1. The van der Waals surface area contributed by atoms with Gasteiger partial charge in [0.25, 0.3) is 5.91 Å². The van der Waals surface area contributed by atoms with Gasteiger partial charge in [-0.25, -0.2) is 0 Å². The van der Waals surface area contributed by atoms with Crippen molar-refractivity contribution in [1.82, 2.24) is 0 Å². The summed E-state index contributed by atoms with van der Waals surface area (Å²) in [6.45, 7) is 0. The average Bonchev–Trinajstić information content (AvgIpc) is 2.74. The van der Waals surface area contributed by atoms with Crippen molar-refractivity contribution in [2.24, 2.45) is 0 Å². The van der Waals surface area contributed by atoms with E-state index in [1.54, 1.807) is 36.4 Å². The minimum absolute atomic E-state index is 0.343. The predicted molar refractivity (Wildman–Crippen MR) is 109 cm³/mol. The van der Waals surface area contributed by atoms with Crippen LogP contribution in [0.4, 0.5) is 5.69 Å². The zero-order valence-corrected chi connectivity index (χ0v) is 16.2. The Morgan fingerprint density at radius 1 is 0.964 bits per heavy atom. The first-order valence-electron chi connectivity index (χ1n) is 8.59. The number of nitrogens with one attached hydrogen (secondary N) is 1. The average molecular weight is 398 g/mol. The van der Waals surface area contributed by atoms with Crippen LogP contribution in [0.15, 0.2) is 66.7 Å². The third-order valence-electron chi connectivity index (χ3n) is 4.32. The van der Waals surface area contributed by atoms with E-state index in [1.807, 2.05) is 30.3 Å². The minimum Gasteiger partial charge on any atom is -0.493 e. The highest BCUT2D eigenvalue weighted by Gasteiger charge is 2.18. The molecule has 144 valence electrons. The largest absolute Gasteiger partial charge is 0.493 e. The zero-order chi connectivity index (χ0) is 20.1. The summed E-state index contributed by atoms with van der Waals surface area (Å²) in [5.41, 5.74) is 2.08. The number of aliphatic hydroxyl groups is 1. The molecule has 3 aromatic rings. The first-order chi connectivity index (χ1) is 13.5. The maximum Gasteiger partial charge on any atom is 0.255 e. The van der Waals surface area contributed by atoms with Crippen molar-refractivity contribution in [3.8, 4) is 11.5 Å². The second kappa shape index (κ2) is 8.78. The minimum atomic E-state index is -0.930. The quantitative estimate of drug-likeness (QED) is 0.633. The summed E-state index contributed by atoms with van der Waals surface area (Å²) >= 11 is 6.12. The lowest BCUT2D eigenvalue weighted by atomic mass is 9.99. The predicted octanol–water partition coefficient (Wildman–Crippen LogP) is 4.69. The van der Waals surface area contributed by atoms with E-state index in [0.717, 1.165) is 0 Å². The van der Waals surface area contributed by atoms with Crippen LogP contribution in [0, 0.1) is 0 Å². The lowest BCUT2D eigenvalue weighted by Crippen LogP contribution is -2.15. The molecule has 28 heavy (non-hydrogen) atoms. The molecular weight excluding hydrogens is 378 g/mol. The van der Waals surface area contributed by atoms with Gasteiger partial charge < -0.3 is 19.9 Å². The number of hydrogen-bond acceptors (Lipinski definition) is 4. The number of carbonyl (C=O) groups excluding carboxylic acids is 1. The second-order valence-electron chi connectivity index (χ2n) is 6.07. The Kier molecular flexibility index (Phi) is 6.19. The van der Waals surface area contributed by atoms with Crippen molar-refractivity contribution >= 4 is 23.2 Å². The molecule has 0 spiro atoms. The summed E-state index contributed by atoms with van der Waals surface area (Å²) in [6.07, 6.45) is -0.930. The molecule has 2 N–H and O–H groups in total. The summed E-state index contributed by atoms with van der Waals surface area (Å²) in [6, 6.07) is 19.0. The SMILES string of the molecule is COc1ccc(C(=O)Nc2ccc(Cl)cc2[C@@H](O)c2ccccc2)cc1OC. The zero-order valence-electron chi connectivity index (χ0n) is 15.5. The smallest absolute Gasteiger partial charge is 0.255 e. The van der Waals surface area contributed by atoms with Gasteiger partial charge in [-0.3, -0.25) is 4.79 Å². The van der Waals surface area contributed by atoms with E-state index in [2.05, 4.69) is 5.32 Å². The molecule has 0 heterocycles. The van der Waals surface area contributed by atoms with Crippen LogP contribution in [-0.4, -0.2) is 25.2 Å². The number of methoxy groups -OCH3 is 2. The van der Waals surface area contributed by atoms with Crippen molar-refractivity contribution in [1.29, 1.82) is 0 Å². The van der Waals surface area contributed by atoms with Gasteiger partial charge in [0.1, 0.15) is 6.10 Å². The topological polar surface area (TPSA) is 67.8 Å². The maximum atomic E-state index is 12.8. The van der Waals surface area contributed by atoms with E-state index in [-0.39, 0.29) is 5.91 Å². The van der Waals surface area contributed by atoms with Crippen molar-refractivity contribution in [2.75, 3.05) is 19.5 Å². The van der Waals surface area contributed by atoms with E-state index in [0.29, 0.717) is 38.9 Å². The molecular formula is C22H20ClNO4. The van der Waals surface area contributed by atoms with Gasteiger partial charge in [0.15, 0.2) is 11.5 Å². The fourth-order valence-electron chi connectivity index (χ4n) is 2.86. The van der Waals surface area contributed by atoms with Gasteiger partial charge in [-0.05, 0) is 42.0 Å². The number of halogens is 1. The van der Waals surface area contributed by atoms with Crippen molar-refractivity contribution in [2.45, 2.75) is 6.10 Å². The molecule has 0 saturated carbocycles. The molecule has 0 bridgehead atoms. The normalized spacial score (nSPS) is 11.6. The van der Waals surface area contributed by atoms with Gasteiger partial charge in [0.05, 0.1) is 14.2 Å². The summed E-state index contributed by atoms with van der Waals surface area (Å²) in [7, 11) is 3.04. The molecule has 1 amide bonds. The first kappa shape index (κ1) is 19.7. The summed E-state index contributed by atoms with van der Waals surface area (Å²) < 4.78 is 10.4. The van der Waals surface area contributed by atoms with Crippen LogP contribution in [0.2, 0.25) is 5.02 Å². The standard InChI is InChI=1S/C22H20ClNO4/c1-27-19-11-8-15(12-20(19)28-2)22(26)24-18-10-9-16(23)13-17(18)21(25)14-6-4-3-5-7-14/h3-13,21,25H,1-2H3,(H,24,26)/t21-/m0/s1. The Morgan fingerprint density at radius 3 is 2.36 bits per heavy atom. The van der Waals surface area contributed by atoms with E-state index in [9.17, 15) is 9.90 Å². The second-order valence-corrected chi connectivity index (χ2v) is 6.51. The fourth-order valence-corrected chi connectivity index (χ4v) is 3.04. The van der Waals surface area contributed by atoms with Gasteiger partial charge in [0.2, 0.25) is 0 Å². The third kappa shape index (κ3) is 4.27. The van der Waals surface area contributed by atoms with Crippen LogP contribution in [0.3, 0.4) is 0 Å². The third-order valence-corrected chi connectivity index (χ3v) is 4.55. The molecule has 3 rings (SSSR count). The molecule has 0 saturated heterocycles. The highest BCUT2D eigenvalue weighted by molar-refractivity contribution is 6.30. The van der Waals surface area contributed by atoms with Crippen LogP contribution >= 0.6 is 11.6 Å². The van der Waals surface area contributed by atoms with Crippen LogP contribution < -0.4 is 14.8 Å². The number of ether oxygens (including phenoxy) is 2. The Labute approximate surface area is 168 Å². The summed E-state index contributed by atoms with van der Waals surface area (Å²) in [5, 5.41) is 14.1. The molecule has 0 radical (unpaired) electrons. The number of aliphatic hydroxyl groups excluding tert-OH is 1. The van der Waals surface area contributed by atoms with Gasteiger partial charge >= 0.3 is 0 Å². The Morgan fingerprint density at radius 2 is 1.68 bits per heavy atom. The molecule has 3 aromatic carbocycles. The molecule has 0 aliphatic rings. The highest BCUT2D eigenvalue weighted by atomic mass is 35.5. The first-order valence-corrected chi connectivity index (χ1v) is 8.97. The molecule has 0 fully saturated rings. The van der Waals surface area contributed by atoms with Crippen LogP contribution in [0.25, 0.3) is 0 Å². The molecule has 0 aliphatic heterocycles. The van der Waals surface area contributed by atoms with E-state index >= 15 is 0 Å². The van der Waals surface area contributed by atoms with Gasteiger partial charge in [-0.15, -0.1) is 0 Å². The number of anilines is 1. The van der Waals surface area contributed by atoms with Gasteiger partial charge in [0, 0.05) is 21.8 Å². The lowest BCUT2D eigenvalue weighted by Gasteiger charge is -2.17. The Balaban J connectivity index is 1.91. The molecule has 5 nitrogen and oxygen atoms in total. The summed E-state index contributed by atoms with van der Waals surface area (Å²) in [4.78, 5) is 12.8. The van der Waals surface area contributed by atoms with Crippen molar-refractivity contribution in [3.05, 3.63) is 88.4 Å². The van der Waals surface area contributed by atoms with Gasteiger partial charge in [-0.1, -0.05) is 41.9 Å². The monoisotopic (exact) mass is 397 g/mol. The number of hydrogen-bond donors (Lipinski definition) is 2. The Hall–Kier alpha value is -3.02. The number of rotatable bonds is 6. The molecule has 1 atom stereocenters. The maximum absolute atomic E-state index is 12.8. The molecule has 6 heteroatoms. The van der Waals surface area contributed by atoms with Crippen LogP contribution in [-0.2, 0) is 0 Å². The van der Waals surface area contributed by atoms with Gasteiger partial charge in [-0.2, -0.15) is 0 Å². The molecule has 0 aliphatic carbocycles. The number of amides is 1. The molecule has 0 aromatic heterocycles. The number of benzene rings is 3. The van der Waals surface area contributed by atoms with Crippen LogP contribution in [0.1, 0.15) is 27.6 Å². The van der Waals surface area contributed by atoms with E-state index in [4.69, 9.17) is 21.1 Å². The summed E-state index contributed by atoms with van der Waals surface area (Å²) in [5.74, 6) is 0.645. The van der Waals surface area contributed by atoms with Crippen LogP contribution in [0.5, 0.6) is 11.5 Å². The molecule has 0 unspecified atom stereocenters. The Bertz CT molecular complexity index is 976. The van der Waals surface area contributed by atoms with Crippen molar-refractivity contribution < 1.29 is 19.4 Å². The fraction of sp³-hybridized carbons (Fsp3) is 0.136. The highest BCUT2D eigenvalue weighted by Crippen LogP contribution is 2.32. The van der Waals surface area contributed by atoms with E-state index < -0.39 is 6.10 Å². The lowest BCUT2D eigenvalue weighted by molar-refractivity contribution is 0.102. The van der Waals surface area contributed by atoms with E-state index in [1.165, 1.54) is 14.2 Å². The van der Waals surface area contributed by atoms with Crippen molar-refractivity contribution in [3.63, 3.8) is 0 Å².